The number of carbonyl (C=O) groups is 1. The lowest BCUT2D eigenvalue weighted by Crippen LogP contribution is -2.15. The van der Waals surface area contributed by atoms with Crippen LogP contribution in [0.3, 0.4) is 0 Å². The smallest absolute Gasteiger partial charge is 0.357 e. The van der Waals surface area contributed by atoms with Crippen LogP contribution >= 0.6 is 11.3 Å². The number of rotatable bonds is 6. The maximum atomic E-state index is 12.8. The molecule has 7 nitrogen and oxygen atoms in total. The Kier molecular flexibility index (Phi) is 5.53. The van der Waals surface area contributed by atoms with Crippen LogP contribution in [0.4, 0.5) is 0 Å². The molecule has 0 aliphatic heterocycles. The second-order valence-electron chi connectivity index (χ2n) is 6.16. The Morgan fingerprint density at radius 1 is 1.10 bits per heavy atom. The fraction of sp³-hybridized carbons (Fsp3) is 0.0952. The average molecular weight is 403 g/mol. The van der Waals surface area contributed by atoms with Crippen molar-refractivity contribution in [2.45, 2.75) is 13.5 Å². The molecule has 0 saturated heterocycles. The second kappa shape index (κ2) is 8.57. The van der Waals surface area contributed by atoms with Crippen molar-refractivity contribution < 1.29 is 9.53 Å². The molecule has 8 heteroatoms. The highest BCUT2D eigenvalue weighted by Gasteiger charge is 2.18. The topological polar surface area (TPSA) is 82.8 Å². The van der Waals surface area contributed by atoms with Crippen molar-refractivity contribution in [1.29, 1.82) is 0 Å². The molecule has 29 heavy (non-hydrogen) atoms. The molecule has 0 fully saturated rings. The summed E-state index contributed by atoms with van der Waals surface area (Å²) < 4.78 is 6.88. The average Bonchev–Trinajstić information content (AvgIpc) is 3.41. The maximum absolute atomic E-state index is 12.8. The van der Waals surface area contributed by atoms with Gasteiger partial charge in [0.25, 0.3) is 0 Å². The molecule has 144 valence electrons. The van der Waals surface area contributed by atoms with E-state index in [4.69, 9.17) is 4.74 Å². The Morgan fingerprint density at radius 3 is 2.52 bits per heavy atom. The van der Waals surface area contributed by atoms with Crippen molar-refractivity contribution in [2.75, 3.05) is 0 Å². The number of hydrogen-bond donors (Lipinski definition) is 0. The summed E-state index contributed by atoms with van der Waals surface area (Å²) in [5, 5.41) is 14.2. The van der Waals surface area contributed by atoms with Gasteiger partial charge in [-0.1, -0.05) is 60.7 Å². The summed E-state index contributed by atoms with van der Waals surface area (Å²) in [5.74, 6) is -0.0392. The summed E-state index contributed by atoms with van der Waals surface area (Å²) in [5.41, 5.74) is 2.80. The lowest BCUT2D eigenvalue weighted by atomic mass is 10.2. The summed E-state index contributed by atoms with van der Waals surface area (Å²) in [6.45, 7) is 1.79. The van der Waals surface area contributed by atoms with E-state index in [-0.39, 0.29) is 12.3 Å². The molecule has 0 bridgehead atoms. The Hall–Kier alpha value is -3.65. The van der Waals surface area contributed by atoms with Gasteiger partial charge < -0.3 is 4.74 Å². The zero-order valence-corrected chi connectivity index (χ0v) is 16.4. The van der Waals surface area contributed by atoms with Gasteiger partial charge in [-0.05, 0) is 29.0 Å². The highest BCUT2D eigenvalue weighted by atomic mass is 32.1. The molecule has 0 aliphatic carbocycles. The third-order valence-electron chi connectivity index (χ3n) is 4.09. The monoisotopic (exact) mass is 403 g/mol. The predicted molar refractivity (Wildman–Crippen MR) is 111 cm³/mol. The quantitative estimate of drug-likeness (QED) is 0.359. The summed E-state index contributed by atoms with van der Waals surface area (Å²) in [6, 6.07) is 19.3. The number of nitrogens with zero attached hydrogens (tertiary/aromatic N) is 5. The van der Waals surface area contributed by atoms with E-state index in [1.54, 1.807) is 13.0 Å². The zero-order chi connectivity index (χ0) is 20.1. The van der Waals surface area contributed by atoms with Gasteiger partial charge >= 0.3 is 5.97 Å². The molecule has 0 saturated carbocycles. The first-order valence-corrected chi connectivity index (χ1v) is 9.78. The van der Waals surface area contributed by atoms with Gasteiger partial charge in [-0.25, -0.2) is 9.78 Å². The number of ether oxygens (including phenoxy) is 1. The van der Waals surface area contributed by atoms with Crippen LogP contribution in [0.15, 0.2) is 66.0 Å². The van der Waals surface area contributed by atoms with E-state index in [2.05, 4.69) is 20.5 Å². The highest BCUT2D eigenvalue weighted by Crippen LogP contribution is 2.24. The normalized spacial score (nSPS) is 11.4. The molecule has 0 radical (unpaired) electrons. The summed E-state index contributed by atoms with van der Waals surface area (Å²) in [6.07, 6.45) is 1.70. The van der Waals surface area contributed by atoms with Gasteiger partial charge in [0.05, 0.1) is 5.69 Å². The molecule has 2 aromatic heterocycles. The molecule has 0 unspecified atom stereocenters. The van der Waals surface area contributed by atoms with Crippen LogP contribution in [0.5, 0.6) is 0 Å². The first kappa shape index (κ1) is 18.7. The Labute approximate surface area is 171 Å². The first-order chi connectivity index (χ1) is 14.2. The van der Waals surface area contributed by atoms with Crippen molar-refractivity contribution in [2.24, 2.45) is 0 Å². The number of tetrazole rings is 1. The molecule has 0 spiro atoms. The van der Waals surface area contributed by atoms with Gasteiger partial charge in [0.15, 0.2) is 11.5 Å². The first-order valence-electron chi connectivity index (χ1n) is 8.90. The minimum atomic E-state index is -0.529. The van der Waals surface area contributed by atoms with E-state index >= 15 is 0 Å². The minimum absolute atomic E-state index is 0.0650. The van der Waals surface area contributed by atoms with E-state index < -0.39 is 5.97 Å². The SMILES string of the molecule is Cc1nnnn1C(=Cc1ccccc1)C(=O)OCc1csc(-c2ccccc2)n1. The van der Waals surface area contributed by atoms with Gasteiger partial charge in [-0.15, -0.1) is 16.4 Å². The summed E-state index contributed by atoms with van der Waals surface area (Å²) >= 11 is 1.51. The number of benzene rings is 2. The Bertz CT molecular complexity index is 1140. The van der Waals surface area contributed by atoms with E-state index in [9.17, 15) is 4.79 Å². The Balaban J connectivity index is 1.53. The van der Waals surface area contributed by atoms with E-state index in [0.717, 1.165) is 16.1 Å². The summed E-state index contributed by atoms with van der Waals surface area (Å²) in [7, 11) is 0. The van der Waals surface area contributed by atoms with Gasteiger partial charge in [0.2, 0.25) is 0 Å². The standard InChI is InChI=1S/C21H17N5O2S/c1-15-23-24-25-26(15)19(12-16-8-4-2-5-9-16)21(27)28-13-18-14-29-20(22-18)17-10-6-3-7-11-17/h2-12,14H,13H2,1H3. The number of hydrogen-bond acceptors (Lipinski definition) is 7. The summed E-state index contributed by atoms with van der Waals surface area (Å²) in [4.78, 5) is 17.4. The molecule has 0 aliphatic rings. The lowest BCUT2D eigenvalue weighted by molar-refractivity contribution is -0.138. The highest BCUT2D eigenvalue weighted by molar-refractivity contribution is 7.13. The van der Waals surface area contributed by atoms with Crippen LogP contribution in [0.25, 0.3) is 22.3 Å². The minimum Gasteiger partial charge on any atom is -0.454 e. The van der Waals surface area contributed by atoms with Crippen molar-refractivity contribution in [3.63, 3.8) is 0 Å². The van der Waals surface area contributed by atoms with Crippen LogP contribution in [-0.4, -0.2) is 31.2 Å². The van der Waals surface area contributed by atoms with Crippen molar-refractivity contribution in [3.8, 4) is 10.6 Å². The second-order valence-corrected chi connectivity index (χ2v) is 7.02. The molecule has 0 atom stereocenters. The fourth-order valence-corrected chi connectivity index (χ4v) is 3.48. The number of thiazole rings is 1. The molecule has 2 heterocycles. The fourth-order valence-electron chi connectivity index (χ4n) is 2.67. The third-order valence-corrected chi connectivity index (χ3v) is 5.03. The van der Waals surface area contributed by atoms with Gasteiger partial charge in [-0.2, -0.15) is 4.68 Å². The number of esters is 1. The van der Waals surface area contributed by atoms with E-state index in [0.29, 0.717) is 11.5 Å². The lowest BCUT2D eigenvalue weighted by Gasteiger charge is -2.08. The Morgan fingerprint density at radius 2 is 1.83 bits per heavy atom. The van der Waals surface area contributed by atoms with Gasteiger partial charge in [0, 0.05) is 10.9 Å². The van der Waals surface area contributed by atoms with Crippen molar-refractivity contribution >= 4 is 29.1 Å². The predicted octanol–water partition coefficient (Wildman–Crippen LogP) is 3.85. The molecule has 0 N–H and O–H groups in total. The van der Waals surface area contributed by atoms with Crippen molar-refractivity contribution in [3.05, 3.63) is 83.1 Å². The van der Waals surface area contributed by atoms with Crippen LogP contribution in [0, 0.1) is 6.92 Å². The number of aromatic nitrogens is 5. The molecule has 4 rings (SSSR count). The molecular weight excluding hydrogens is 386 g/mol. The number of carbonyl (C=O) groups excluding carboxylic acids is 1. The largest absolute Gasteiger partial charge is 0.454 e. The molecule has 0 amide bonds. The van der Waals surface area contributed by atoms with E-state index in [1.165, 1.54) is 16.0 Å². The van der Waals surface area contributed by atoms with Crippen LogP contribution in [0.1, 0.15) is 17.1 Å². The van der Waals surface area contributed by atoms with Gasteiger partial charge in [0.1, 0.15) is 11.6 Å². The third kappa shape index (κ3) is 4.44. The molecular formula is C21H17N5O2S. The van der Waals surface area contributed by atoms with Crippen molar-refractivity contribution in [1.82, 2.24) is 25.2 Å². The van der Waals surface area contributed by atoms with Gasteiger partial charge in [-0.3, -0.25) is 0 Å². The van der Waals surface area contributed by atoms with Crippen LogP contribution in [-0.2, 0) is 16.1 Å². The number of aryl methyl sites for hydroxylation is 1. The van der Waals surface area contributed by atoms with Crippen LogP contribution < -0.4 is 0 Å². The van der Waals surface area contributed by atoms with Crippen LogP contribution in [0.2, 0.25) is 0 Å². The zero-order valence-electron chi connectivity index (χ0n) is 15.6. The molecule has 4 aromatic rings. The van der Waals surface area contributed by atoms with E-state index in [1.807, 2.05) is 66.0 Å². The molecule has 2 aromatic carbocycles. The maximum Gasteiger partial charge on any atom is 0.357 e.